The number of halogens is 2. The molecule has 19 heavy (non-hydrogen) atoms. The van der Waals surface area contributed by atoms with Crippen LogP contribution in [-0.2, 0) is 6.54 Å². The van der Waals surface area contributed by atoms with Crippen LogP contribution in [0.5, 0.6) is 0 Å². The van der Waals surface area contributed by atoms with Gasteiger partial charge in [-0.25, -0.2) is 0 Å². The Kier molecular flexibility index (Phi) is 4.32. The van der Waals surface area contributed by atoms with Crippen molar-refractivity contribution in [3.63, 3.8) is 0 Å². The number of hydrogen-bond donors (Lipinski definition) is 0. The average Bonchev–Trinajstić information content (AvgIpc) is 2.74. The van der Waals surface area contributed by atoms with Gasteiger partial charge in [0.25, 0.3) is 5.91 Å². The summed E-state index contributed by atoms with van der Waals surface area (Å²) < 4.78 is 5.92. The highest BCUT2D eigenvalue weighted by Gasteiger charge is 2.16. The second kappa shape index (κ2) is 5.80. The summed E-state index contributed by atoms with van der Waals surface area (Å²) in [5.41, 5.74) is 1.59. The minimum absolute atomic E-state index is 0.0656. The normalized spacial score (nSPS) is 10.5. The maximum Gasteiger partial charge on any atom is 0.255 e. The third-order valence-corrected chi connectivity index (χ3v) is 3.77. The summed E-state index contributed by atoms with van der Waals surface area (Å²) in [6.45, 7) is 2.39. The number of amides is 1. The van der Waals surface area contributed by atoms with Crippen LogP contribution in [0, 0.1) is 6.92 Å². The van der Waals surface area contributed by atoms with Crippen LogP contribution in [-0.4, -0.2) is 17.9 Å². The number of nitrogens with zero attached hydrogens (tertiary/aromatic N) is 1. The Bertz CT molecular complexity index is 609. The molecule has 0 radical (unpaired) electrons. The summed E-state index contributed by atoms with van der Waals surface area (Å²) in [5, 5.41) is 0.594. The van der Waals surface area contributed by atoms with Gasteiger partial charge < -0.3 is 9.32 Å². The first-order valence-electron chi connectivity index (χ1n) is 5.72. The van der Waals surface area contributed by atoms with Crippen LogP contribution in [0.1, 0.15) is 21.7 Å². The largest absolute Gasteiger partial charge is 0.469 e. The molecule has 0 bridgehead atoms. The van der Waals surface area contributed by atoms with Crippen molar-refractivity contribution in [3.05, 3.63) is 56.9 Å². The molecule has 0 unspecified atom stereocenters. The van der Waals surface area contributed by atoms with Gasteiger partial charge in [-0.05, 0) is 47.1 Å². The van der Waals surface area contributed by atoms with E-state index in [1.165, 1.54) is 0 Å². The molecule has 1 aromatic heterocycles. The van der Waals surface area contributed by atoms with Gasteiger partial charge in [0, 0.05) is 28.7 Å². The number of benzene rings is 1. The van der Waals surface area contributed by atoms with E-state index < -0.39 is 0 Å². The lowest BCUT2D eigenvalue weighted by molar-refractivity contribution is 0.0784. The smallest absolute Gasteiger partial charge is 0.255 e. The predicted molar refractivity (Wildman–Crippen MR) is 78.4 cm³/mol. The number of furan rings is 1. The van der Waals surface area contributed by atoms with Crippen LogP contribution in [0.3, 0.4) is 0 Å². The molecule has 1 heterocycles. The number of carbonyl (C=O) groups is 1. The van der Waals surface area contributed by atoms with Crippen molar-refractivity contribution in [3.8, 4) is 0 Å². The van der Waals surface area contributed by atoms with Crippen molar-refractivity contribution in [2.45, 2.75) is 13.5 Å². The third kappa shape index (κ3) is 3.19. The summed E-state index contributed by atoms with van der Waals surface area (Å²) >= 11 is 9.23. The van der Waals surface area contributed by atoms with Gasteiger partial charge >= 0.3 is 0 Å². The fourth-order valence-electron chi connectivity index (χ4n) is 1.77. The molecule has 3 nitrogen and oxygen atoms in total. The molecule has 0 saturated carbocycles. The lowest BCUT2D eigenvalue weighted by Crippen LogP contribution is -2.26. The van der Waals surface area contributed by atoms with Gasteiger partial charge in [-0.1, -0.05) is 11.6 Å². The molecule has 0 aliphatic carbocycles. The zero-order valence-electron chi connectivity index (χ0n) is 10.6. The Hall–Kier alpha value is -1.26. The quantitative estimate of drug-likeness (QED) is 0.834. The van der Waals surface area contributed by atoms with Crippen molar-refractivity contribution in [2.24, 2.45) is 0 Å². The summed E-state index contributed by atoms with van der Waals surface area (Å²) in [5.74, 6) is 0.763. The lowest BCUT2D eigenvalue weighted by Gasteiger charge is -2.17. The van der Waals surface area contributed by atoms with Crippen LogP contribution < -0.4 is 0 Å². The van der Waals surface area contributed by atoms with E-state index in [0.29, 0.717) is 21.6 Å². The van der Waals surface area contributed by atoms with E-state index in [9.17, 15) is 4.79 Å². The minimum atomic E-state index is -0.0656. The highest BCUT2D eigenvalue weighted by molar-refractivity contribution is 9.10. The number of carbonyl (C=O) groups excluding carboxylic acids is 1. The molecule has 0 N–H and O–H groups in total. The van der Waals surface area contributed by atoms with Crippen molar-refractivity contribution in [2.75, 3.05) is 7.05 Å². The first-order chi connectivity index (χ1) is 8.99. The van der Waals surface area contributed by atoms with Gasteiger partial charge in [0.15, 0.2) is 0 Å². The molecule has 0 atom stereocenters. The molecular weight excluding hydrogens is 330 g/mol. The maximum atomic E-state index is 12.3. The number of rotatable bonds is 3. The number of aryl methyl sites for hydroxylation is 1. The van der Waals surface area contributed by atoms with Crippen LogP contribution in [0.2, 0.25) is 5.02 Å². The van der Waals surface area contributed by atoms with E-state index >= 15 is 0 Å². The first-order valence-corrected chi connectivity index (χ1v) is 6.89. The second-order valence-corrected chi connectivity index (χ2v) is 5.58. The van der Waals surface area contributed by atoms with Crippen molar-refractivity contribution in [1.82, 2.24) is 4.90 Å². The molecule has 0 aliphatic heterocycles. The molecule has 0 aliphatic rings. The van der Waals surface area contributed by atoms with E-state index in [1.807, 2.05) is 13.0 Å². The maximum absolute atomic E-state index is 12.3. The van der Waals surface area contributed by atoms with Gasteiger partial charge in [-0.2, -0.15) is 0 Å². The molecule has 1 aromatic carbocycles. The second-order valence-electron chi connectivity index (χ2n) is 4.29. The van der Waals surface area contributed by atoms with Crippen LogP contribution >= 0.6 is 27.5 Å². The first kappa shape index (κ1) is 14.2. The summed E-state index contributed by atoms with van der Waals surface area (Å²) in [7, 11) is 1.76. The monoisotopic (exact) mass is 341 g/mol. The summed E-state index contributed by atoms with van der Waals surface area (Å²) in [6.07, 6.45) is 1.63. The molecule has 0 spiro atoms. The van der Waals surface area contributed by atoms with Gasteiger partial charge in [0.2, 0.25) is 0 Å². The standard InChI is InChI=1S/C14H13BrClNO2/c1-9-10(5-6-19-9)8-17(2)14(18)12-4-3-11(16)7-13(12)15/h3-7H,8H2,1-2H3. The Morgan fingerprint density at radius 3 is 2.74 bits per heavy atom. The zero-order chi connectivity index (χ0) is 14.0. The minimum Gasteiger partial charge on any atom is -0.469 e. The third-order valence-electron chi connectivity index (χ3n) is 2.88. The van der Waals surface area contributed by atoms with Crippen molar-refractivity contribution >= 4 is 33.4 Å². The Balaban J connectivity index is 2.17. The Labute approximate surface area is 125 Å². The van der Waals surface area contributed by atoms with E-state index in [2.05, 4.69) is 15.9 Å². The van der Waals surface area contributed by atoms with Gasteiger partial charge in [0.05, 0.1) is 11.8 Å². The highest BCUT2D eigenvalue weighted by Crippen LogP contribution is 2.23. The highest BCUT2D eigenvalue weighted by atomic mass is 79.9. The topological polar surface area (TPSA) is 33.5 Å². The average molecular weight is 343 g/mol. The zero-order valence-corrected chi connectivity index (χ0v) is 13.0. The molecule has 0 saturated heterocycles. The van der Waals surface area contributed by atoms with Crippen LogP contribution in [0.25, 0.3) is 0 Å². The van der Waals surface area contributed by atoms with Gasteiger partial charge in [0.1, 0.15) is 5.76 Å². The van der Waals surface area contributed by atoms with Crippen LogP contribution in [0.15, 0.2) is 39.4 Å². The summed E-state index contributed by atoms with van der Waals surface area (Å²) in [6, 6.07) is 7.01. The number of hydrogen-bond acceptors (Lipinski definition) is 2. The van der Waals surface area contributed by atoms with Crippen molar-refractivity contribution in [1.29, 1.82) is 0 Å². The van der Waals surface area contributed by atoms with E-state index in [1.54, 1.807) is 36.4 Å². The van der Waals surface area contributed by atoms with E-state index in [-0.39, 0.29) is 5.91 Å². The Morgan fingerprint density at radius 2 is 2.16 bits per heavy atom. The molecule has 5 heteroatoms. The molecule has 1 amide bonds. The fourth-order valence-corrected chi connectivity index (χ4v) is 2.62. The fraction of sp³-hybridized carbons (Fsp3) is 0.214. The van der Waals surface area contributed by atoms with Gasteiger partial charge in [-0.15, -0.1) is 0 Å². The lowest BCUT2D eigenvalue weighted by atomic mass is 10.2. The van der Waals surface area contributed by atoms with E-state index in [0.717, 1.165) is 11.3 Å². The van der Waals surface area contributed by atoms with E-state index in [4.69, 9.17) is 16.0 Å². The molecule has 0 fully saturated rings. The van der Waals surface area contributed by atoms with Gasteiger partial charge in [-0.3, -0.25) is 4.79 Å². The molecule has 2 aromatic rings. The Morgan fingerprint density at radius 1 is 1.42 bits per heavy atom. The molecule has 2 rings (SSSR count). The molecule has 100 valence electrons. The predicted octanol–water partition coefficient (Wildman–Crippen LogP) is 4.28. The summed E-state index contributed by atoms with van der Waals surface area (Å²) in [4.78, 5) is 14.0. The SMILES string of the molecule is Cc1occc1CN(C)C(=O)c1ccc(Cl)cc1Br. The van der Waals surface area contributed by atoms with Crippen LogP contribution in [0.4, 0.5) is 0 Å². The van der Waals surface area contributed by atoms with Crippen molar-refractivity contribution < 1.29 is 9.21 Å². The molecular formula is C14H13BrClNO2.